The van der Waals surface area contributed by atoms with Crippen molar-refractivity contribution in [1.82, 2.24) is 0 Å². The monoisotopic (exact) mass is 240 g/mol. The Morgan fingerprint density at radius 3 is 2.17 bits per heavy atom. The van der Waals surface area contributed by atoms with Crippen LogP contribution in [0.15, 0.2) is 36.4 Å². The van der Waals surface area contributed by atoms with Gasteiger partial charge < -0.3 is 5.11 Å². The smallest absolute Gasteiger partial charge is 0.121 e. The van der Waals surface area contributed by atoms with Crippen LogP contribution in [0.3, 0.4) is 0 Å². The lowest BCUT2D eigenvalue weighted by atomic mass is 9.99. The number of phenolic OH excluding ortho intramolecular Hbond substituents is 1. The molecule has 0 fully saturated rings. The van der Waals surface area contributed by atoms with Crippen molar-refractivity contribution in [2.45, 2.75) is 33.6 Å². The standard InChI is InChI=1S/C17H20O/c1-12-4-6-15(7-5-12)8-9-16-11-13(2)10-14(3)17(16)18/h4-7,10-11,18H,8-9H2,1-3H3. The Bertz CT molecular complexity index is 538. The number of aromatic hydroxyl groups is 1. The van der Waals surface area contributed by atoms with Gasteiger partial charge in [-0.2, -0.15) is 0 Å². The summed E-state index contributed by atoms with van der Waals surface area (Å²) in [5.74, 6) is 0.452. The van der Waals surface area contributed by atoms with Gasteiger partial charge in [0.15, 0.2) is 0 Å². The van der Waals surface area contributed by atoms with E-state index in [0.717, 1.165) is 24.0 Å². The molecule has 1 nitrogen and oxygen atoms in total. The molecule has 2 aromatic carbocycles. The first-order valence-electron chi connectivity index (χ1n) is 6.41. The van der Waals surface area contributed by atoms with Crippen LogP contribution >= 0.6 is 0 Å². The van der Waals surface area contributed by atoms with Crippen LogP contribution < -0.4 is 0 Å². The molecule has 0 aliphatic carbocycles. The zero-order valence-corrected chi connectivity index (χ0v) is 11.3. The topological polar surface area (TPSA) is 20.2 Å². The highest BCUT2D eigenvalue weighted by Gasteiger charge is 2.05. The van der Waals surface area contributed by atoms with Crippen molar-refractivity contribution in [3.05, 3.63) is 64.2 Å². The van der Waals surface area contributed by atoms with Crippen molar-refractivity contribution in [2.24, 2.45) is 0 Å². The molecule has 1 heteroatoms. The normalized spacial score (nSPS) is 10.6. The maximum absolute atomic E-state index is 10.0. The average molecular weight is 240 g/mol. The highest BCUT2D eigenvalue weighted by Crippen LogP contribution is 2.25. The fraction of sp³-hybridized carbons (Fsp3) is 0.294. The minimum absolute atomic E-state index is 0.452. The lowest BCUT2D eigenvalue weighted by Crippen LogP contribution is -1.94. The molecule has 0 bridgehead atoms. The Morgan fingerprint density at radius 2 is 1.50 bits per heavy atom. The third-order valence-electron chi connectivity index (χ3n) is 3.33. The van der Waals surface area contributed by atoms with E-state index in [1.54, 1.807) is 0 Å². The van der Waals surface area contributed by atoms with Crippen LogP contribution in [0.25, 0.3) is 0 Å². The largest absolute Gasteiger partial charge is 0.507 e. The van der Waals surface area contributed by atoms with E-state index in [-0.39, 0.29) is 0 Å². The van der Waals surface area contributed by atoms with Crippen LogP contribution in [0.2, 0.25) is 0 Å². The third kappa shape index (κ3) is 2.92. The summed E-state index contributed by atoms with van der Waals surface area (Å²) in [5, 5.41) is 10.0. The van der Waals surface area contributed by atoms with E-state index in [9.17, 15) is 5.11 Å². The Kier molecular flexibility index (Phi) is 3.71. The van der Waals surface area contributed by atoms with Gasteiger partial charge in [-0.15, -0.1) is 0 Å². The summed E-state index contributed by atoms with van der Waals surface area (Å²) in [7, 11) is 0. The SMILES string of the molecule is Cc1ccc(CCc2cc(C)cc(C)c2O)cc1. The molecule has 0 saturated carbocycles. The van der Waals surface area contributed by atoms with Crippen LogP contribution in [0.4, 0.5) is 0 Å². The molecule has 0 heterocycles. The van der Waals surface area contributed by atoms with Gasteiger partial charge in [0.2, 0.25) is 0 Å². The number of aryl methyl sites for hydroxylation is 5. The first-order chi connectivity index (χ1) is 8.56. The summed E-state index contributed by atoms with van der Waals surface area (Å²) < 4.78 is 0. The van der Waals surface area contributed by atoms with Crippen molar-refractivity contribution in [3.63, 3.8) is 0 Å². The molecule has 0 amide bonds. The van der Waals surface area contributed by atoms with Gasteiger partial charge in [0.1, 0.15) is 5.75 Å². The molecule has 0 unspecified atom stereocenters. The van der Waals surface area contributed by atoms with Gasteiger partial charge in [0.05, 0.1) is 0 Å². The molecule has 2 rings (SSSR count). The molecular formula is C17H20O. The summed E-state index contributed by atoms with van der Waals surface area (Å²) in [6.45, 7) is 6.12. The molecule has 94 valence electrons. The van der Waals surface area contributed by atoms with Crippen molar-refractivity contribution in [3.8, 4) is 5.75 Å². The van der Waals surface area contributed by atoms with E-state index < -0.39 is 0 Å². The number of phenols is 1. The van der Waals surface area contributed by atoms with Gasteiger partial charge in [0, 0.05) is 0 Å². The van der Waals surface area contributed by atoms with E-state index in [0.29, 0.717) is 5.75 Å². The Balaban J connectivity index is 2.13. The maximum atomic E-state index is 10.0. The fourth-order valence-electron chi connectivity index (χ4n) is 2.27. The molecule has 2 aromatic rings. The molecule has 0 atom stereocenters. The minimum atomic E-state index is 0.452. The van der Waals surface area contributed by atoms with E-state index in [2.05, 4.69) is 44.2 Å². The lowest BCUT2D eigenvalue weighted by Gasteiger charge is -2.09. The molecule has 0 saturated heterocycles. The lowest BCUT2D eigenvalue weighted by molar-refractivity contribution is 0.463. The zero-order chi connectivity index (χ0) is 13.1. The highest BCUT2D eigenvalue weighted by atomic mass is 16.3. The van der Waals surface area contributed by atoms with Gasteiger partial charge in [-0.25, -0.2) is 0 Å². The Morgan fingerprint density at radius 1 is 0.833 bits per heavy atom. The second-order valence-electron chi connectivity index (χ2n) is 5.08. The molecule has 0 aromatic heterocycles. The predicted octanol–water partition coefficient (Wildman–Crippen LogP) is 4.10. The molecular weight excluding hydrogens is 220 g/mol. The minimum Gasteiger partial charge on any atom is -0.507 e. The van der Waals surface area contributed by atoms with Crippen LogP contribution in [0.1, 0.15) is 27.8 Å². The van der Waals surface area contributed by atoms with Crippen molar-refractivity contribution in [2.75, 3.05) is 0 Å². The maximum Gasteiger partial charge on any atom is 0.121 e. The van der Waals surface area contributed by atoms with Crippen molar-refractivity contribution in [1.29, 1.82) is 0 Å². The first kappa shape index (κ1) is 12.7. The number of rotatable bonds is 3. The van der Waals surface area contributed by atoms with Crippen LogP contribution in [0.5, 0.6) is 5.75 Å². The summed E-state index contributed by atoms with van der Waals surface area (Å²) in [6.07, 6.45) is 1.86. The molecule has 0 spiro atoms. The fourth-order valence-corrected chi connectivity index (χ4v) is 2.27. The molecule has 0 radical (unpaired) electrons. The summed E-state index contributed by atoms with van der Waals surface area (Å²) >= 11 is 0. The number of hydrogen-bond acceptors (Lipinski definition) is 1. The summed E-state index contributed by atoms with van der Waals surface area (Å²) in [4.78, 5) is 0. The van der Waals surface area contributed by atoms with Gasteiger partial charge >= 0.3 is 0 Å². The van der Waals surface area contributed by atoms with Crippen LogP contribution in [-0.2, 0) is 12.8 Å². The van der Waals surface area contributed by atoms with E-state index in [1.807, 2.05) is 13.0 Å². The average Bonchev–Trinajstić information content (AvgIpc) is 2.34. The quantitative estimate of drug-likeness (QED) is 0.856. The van der Waals surface area contributed by atoms with Crippen LogP contribution in [-0.4, -0.2) is 5.11 Å². The molecule has 0 aliphatic rings. The number of benzene rings is 2. The highest BCUT2D eigenvalue weighted by molar-refractivity contribution is 5.43. The summed E-state index contributed by atoms with van der Waals surface area (Å²) in [5.41, 5.74) is 5.83. The van der Waals surface area contributed by atoms with Gasteiger partial charge in [-0.1, -0.05) is 47.5 Å². The molecule has 18 heavy (non-hydrogen) atoms. The van der Waals surface area contributed by atoms with Crippen molar-refractivity contribution < 1.29 is 5.11 Å². The first-order valence-corrected chi connectivity index (χ1v) is 6.41. The van der Waals surface area contributed by atoms with E-state index in [4.69, 9.17) is 0 Å². The molecule has 0 aliphatic heterocycles. The third-order valence-corrected chi connectivity index (χ3v) is 3.33. The Hall–Kier alpha value is -1.76. The zero-order valence-electron chi connectivity index (χ0n) is 11.3. The van der Waals surface area contributed by atoms with Gasteiger partial charge in [-0.3, -0.25) is 0 Å². The predicted molar refractivity (Wildman–Crippen MR) is 76.2 cm³/mol. The Labute approximate surface area is 109 Å². The van der Waals surface area contributed by atoms with E-state index >= 15 is 0 Å². The molecule has 1 N–H and O–H groups in total. The number of hydrogen-bond donors (Lipinski definition) is 1. The van der Waals surface area contributed by atoms with Crippen molar-refractivity contribution >= 4 is 0 Å². The van der Waals surface area contributed by atoms with Gasteiger partial charge in [-0.05, 0) is 50.3 Å². The van der Waals surface area contributed by atoms with E-state index in [1.165, 1.54) is 16.7 Å². The van der Waals surface area contributed by atoms with Crippen LogP contribution in [0, 0.1) is 20.8 Å². The second kappa shape index (κ2) is 5.26. The second-order valence-corrected chi connectivity index (χ2v) is 5.08. The summed E-state index contributed by atoms with van der Waals surface area (Å²) in [6, 6.07) is 12.7. The van der Waals surface area contributed by atoms with Gasteiger partial charge in [0.25, 0.3) is 0 Å².